The van der Waals surface area contributed by atoms with Gasteiger partial charge in [-0.25, -0.2) is 9.37 Å². The molecule has 0 saturated carbocycles. The van der Waals surface area contributed by atoms with Gasteiger partial charge in [-0.05, 0) is 30.7 Å². The lowest BCUT2D eigenvalue weighted by Gasteiger charge is -2.25. The van der Waals surface area contributed by atoms with Gasteiger partial charge in [0, 0.05) is 48.7 Å². The van der Waals surface area contributed by atoms with Crippen molar-refractivity contribution in [1.29, 1.82) is 0 Å². The van der Waals surface area contributed by atoms with Crippen molar-refractivity contribution >= 4 is 40.1 Å². The van der Waals surface area contributed by atoms with E-state index in [9.17, 15) is 9.59 Å². The van der Waals surface area contributed by atoms with E-state index in [4.69, 9.17) is 21.1 Å². The van der Waals surface area contributed by atoms with E-state index in [0.29, 0.717) is 30.9 Å². The highest BCUT2D eigenvalue weighted by molar-refractivity contribution is 6.35. The monoisotopic (exact) mass is 549 g/mol. The quantitative estimate of drug-likeness (QED) is 0.346. The van der Waals surface area contributed by atoms with Crippen LogP contribution in [0.3, 0.4) is 0 Å². The number of carbonyl (C=O) groups is 2. The number of halogens is 2. The first kappa shape index (κ1) is 26.5. The maximum Gasteiger partial charge on any atom is 0.259 e. The van der Waals surface area contributed by atoms with Gasteiger partial charge in [0.25, 0.3) is 5.91 Å². The van der Waals surface area contributed by atoms with Crippen LogP contribution >= 0.6 is 11.6 Å². The van der Waals surface area contributed by atoms with Gasteiger partial charge >= 0.3 is 0 Å². The fraction of sp³-hybridized carbons (Fsp3) is 0.250. The van der Waals surface area contributed by atoms with E-state index in [-0.39, 0.29) is 44.5 Å². The Kier molecular flexibility index (Phi) is 7.67. The number of nitrogens with one attached hydrogen (secondary N) is 1. The fourth-order valence-electron chi connectivity index (χ4n) is 4.64. The molecule has 4 aromatic rings. The summed E-state index contributed by atoms with van der Waals surface area (Å²) in [4.78, 5) is 40.1. The van der Waals surface area contributed by atoms with Gasteiger partial charge in [0.1, 0.15) is 22.9 Å². The maximum atomic E-state index is 15.4. The van der Waals surface area contributed by atoms with Gasteiger partial charge in [-0.15, -0.1) is 0 Å². The number of hydrogen-bond donors (Lipinski definition) is 1. The Labute approximate surface area is 228 Å². The highest BCUT2D eigenvalue weighted by Crippen LogP contribution is 2.44. The summed E-state index contributed by atoms with van der Waals surface area (Å²) in [5.41, 5.74) is 2.06. The Morgan fingerprint density at radius 1 is 1.08 bits per heavy atom. The highest BCUT2D eigenvalue weighted by Gasteiger charge is 2.24. The number of likely N-dealkylation sites (tertiary alicyclic amines) is 1. The van der Waals surface area contributed by atoms with Crippen LogP contribution in [0.15, 0.2) is 48.9 Å². The van der Waals surface area contributed by atoms with Crippen LogP contribution in [-0.2, 0) is 11.3 Å². The van der Waals surface area contributed by atoms with E-state index in [2.05, 4.69) is 25.2 Å². The predicted octanol–water partition coefficient (Wildman–Crippen LogP) is 4.92. The zero-order valence-corrected chi connectivity index (χ0v) is 22.1. The SMILES string of the molecule is COc1cc(OC)c(Cl)c(-c2ccc(C(=O)Nc3ccc(CN4CCCC(=O)C4)cn3)c3nccnc23)c1F. The Hall–Kier alpha value is -4.15. The number of rotatable bonds is 7. The molecular formula is C28H25ClFN5O4. The molecule has 200 valence electrons. The molecule has 2 aromatic carbocycles. The van der Waals surface area contributed by atoms with E-state index in [1.165, 1.54) is 38.7 Å². The Bertz CT molecular complexity index is 1540. The van der Waals surface area contributed by atoms with Gasteiger partial charge in [-0.3, -0.25) is 24.5 Å². The van der Waals surface area contributed by atoms with Crippen molar-refractivity contribution in [2.75, 3.05) is 32.6 Å². The fourth-order valence-corrected chi connectivity index (χ4v) is 4.96. The van der Waals surface area contributed by atoms with Gasteiger partial charge in [0.15, 0.2) is 11.6 Å². The first-order valence-electron chi connectivity index (χ1n) is 12.2. The topological polar surface area (TPSA) is 107 Å². The minimum atomic E-state index is -0.689. The second kappa shape index (κ2) is 11.3. The number of hydrogen-bond acceptors (Lipinski definition) is 8. The van der Waals surface area contributed by atoms with Gasteiger partial charge in [0.2, 0.25) is 0 Å². The van der Waals surface area contributed by atoms with Crippen LogP contribution < -0.4 is 14.8 Å². The zero-order valence-electron chi connectivity index (χ0n) is 21.3. The number of anilines is 1. The van der Waals surface area contributed by atoms with Crippen molar-refractivity contribution in [3.8, 4) is 22.6 Å². The average Bonchev–Trinajstić information content (AvgIpc) is 2.94. The first-order chi connectivity index (χ1) is 18.9. The summed E-state index contributed by atoms with van der Waals surface area (Å²) in [7, 11) is 2.76. The molecule has 3 heterocycles. The second-order valence-electron chi connectivity index (χ2n) is 9.06. The Morgan fingerprint density at radius 2 is 1.85 bits per heavy atom. The van der Waals surface area contributed by atoms with Crippen molar-refractivity contribution in [2.45, 2.75) is 19.4 Å². The number of methoxy groups -OCH3 is 2. The largest absolute Gasteiger partial charge is 0.495 e. The average molecular weight is 550 g/mol. The molecule has 1 fully saturated rings. The van der Waals surface area contributed by atoms with E-state index < -0.39 is 11.7 Å². The smallest absolute Gasteiger partial charge is 0.259 e. The first-order valence-corrected chi connectivity index (χ1v) is 12.6. The van der Waals surface area contributed by atoms with Gasteiger partial charge < -0.3 is 14.8 Å². The molecule has 11 heteroatoms. The molecule has 1 aliphatic rings. The minimum absolute atomic E-state index is 0.0259. The summed E-state index contributed by atoms with van der Waals surface area (Å²) < 4.78 is 25.8. The summed E-state index contributed by atoms with van der Waals surface area (Å²) in [6, 6.07) is 8.03. The molecule has 0 atom stereocenters. The van der Waals surface area contributed by atoms with Crippen LogP contribution in [-0.4, -0.2) is 58.9 Å². The van der Waals surface area contributed by atoms with Crippen LogP contribution in [0.2, 0.25) is 5.02 Å². The molecule has 9 nitrogen and oxygen atoms in total. The lowest BCUT2D eigenvalue weighted by atomic mass is 9.99. The summed E-state index contributed by atoms with van der Waals surface area (Å²) in [6.07, 6.45) is 6.07. The summed E-state index contributed by atoms with van der Waals surface area (Å²) in [5.74, 6) is -0.368. The van der Waals surface area contributed by atoms with Crippen LogP contribution in [0, 0.1) is 5.82 Å². The van der Waals surface area contributed by atoms with Crippen molar-refractivity contribution in [3.63, 3.8) is 0 Å². The number of ether oxygens (including phenoxy) is 2. The number of amides is 1. The predicted molar refractivity (Wildman–Crippen MR) is 145 cm³/mol. The van der Waals surface area contributed by atoms with Gasteiger partial charge in [-0.1, -0.05) is 23.7 Å². The Balaban J connectivity index is 1.43. The third kappa shape index (κ3) is 5.39. The number of benzene rings is 2. The van der Waals surface area contributed by atoms with Gasteiger partial charge in [-0.2, -0.15) is 0 Å². The molecule has 5 rings (SSSR count). The summed E-state index contributed by atoms with van der Waals surface area (Å²) in [6.45, 7) is 1.93. The number of carbonyl (C=O) groups excluding carboxylic acids is 2. The molecule has 0 unspecified atom stereocenters. The molecule has 0 spiro atoms. The van der Waals surface area contributed by atoms with Crippen molar-refractivity contribution in [1.82, 2.24) is 19.9 Å². The van der Waals surface area contributed by atoms with Crippen molar-refractivity contribution in [3.05, 3.63) is 70.9 Å². The number of piperidine rings is 1. The normalized spacial score (nSPS) is 13.9. The Morgan fingerprint density at radius 3 is 2.54 bits per heavy atom. The molecule has 1 saturated heterocycles. The number of aromatic nitrogens is 3. The number of ketones is 1. The van der Waals surface area contributed by atoms with E-state index in [1.807, 2.05) is 6.07 Å². The standard InChI is InChI=1S/C28H25ClFN5O4/c1-38-20-12-21(39-2)25(30)23(24(20)29)18-6-7-19(27-26(18)31-9-10-32-27)28(37)34-22-8-5-16(13-33-22)14-35-11-3-4-17(36)15-35/h5-10,12-13H,3-4,11,14-15H2,1-2H3,(H,33,34,37). The minimum Gasteiger partial charge on any atom is -0.495 e. The third-order valence-electron chi connectivity index (χ3n) is 6.52. The molecule has 39 heavy (non-hydrogen) atoms. The molecule has 0 aliphatic carbocycles. The van der Waals surface area contributed by atoms with Crippen LogP contribution in [0.4, 0.5) is 10.2 Å². The van der Waals surface area contributed by atoms with Crippen LogP contribution in [0.25, 0.3) is 22.2 Å². The van der Waals surface area contributed by atoms with E-state index in [1.54, 1.807) is 18.3 Å². The molecule has 2 aromatic heterocycles. The molecular weight excluding hydrogens is 525 g/mol. The number of Topliss-reactive ketones (excluding diaryl/α,β-unsaturated/α-hetero) is 1. The number of pyridine rings is 1. The second-order valence-corrected chi connectivity index (χ2v) is 9.43. The van der Waals surface area contributed by atoms with E-state index >= 15 is 4.39 Å². The third-order valence-corrected chi connectivity index (χ3v) is 6.89. The number of fused-ring (bicyclic) bond motifs is 1. The molecule has 1 amide bonds. The molecule has 1 aliphatic heterocycles. The van der Waals surface area contributed by atoms with E-state index in [0.717, 1.165) is 18.5 Å². The van der Waals surface area contributed by atoms with Crippen LogP contribution in [0.1, 0.15) is 28.8 Å². The summed E-state index contributed by atoms with van der Waals surface area (Å²) >= 11 is 6.49. The lowest BCUT2D eigenvalue weighted by Crippen LogP contribution is -2.35. The maximum absolute atomic E-state index is 15.4. The van der Waals surface area contributed by atoms with Crippen LogP contribution in [0.5, 0.6) is 11.5 Å². The molecule has 0 bridgehead atoms. The molecule has 1 N–H and O–H groups in total. The summed E-state index contributed by atoms with van der Waals surface area (Å²) in [5, 5.41) is 2.82. The highest BCUT2D eigenvalue weighted by atomic mass is 35.5. The van der Waals surface area contributed by atoms with Crippen molar-refractivity contribution < 1.29 is 23.5 Å². The lowest BCUT2D eigenvalue weighted by molar-refractivity contribution is -0.122. The van der Waals surface area contributed by atoms with Gasteiger partial charge in [0.05, 0.1) is 36.9 Å². The molecule has 0 radical (unpaired) electrons. The number of nitrogens with zero attached hydrogens (tertiary/aromatic N) is 4. The van der Waals surface area contributed by atoms with Crippen molar-refractivity contribution in [2.24, 2.45) is 0 Å². The zero-order chi connectivity index (χ0) is 27.5.